The molecule has 0 radical (unpaired) electrons. The van der Waals surface area contributed by atoms with Crippen LogP contribution in [-0.2, 0) is 17.9 Å². The monoisotopic (exact) mass is 268 g/mol. The Morgan fingerprint density at radius 2 is 1.83 bits per heavy atom. The highest BCUT2D eigenvalue weighted by Crippen LogP contribution is 2.25. The number of nitrogens with two attached hydrogens (primary N) is 1. The fourth-order valence-corrected chi connectivity index (χ4v) is 2.46. The molecule has 3 nitrogen and oxygen atoms in total. The van der Waals surface area contributed by atoms with Crippen molar-refractivity contribution in [1.29, 1.82) is 0 Å². The second-order valence-corrected chi connectivity index (χ2v) is 5.10. The second kappa shape index (κ2) is 5.72. The molecule has 100 valence electrons. The van der Waals surface area contributed by atoms with E-state index in [0.29, 0.717) is 13.1 Å². The molecule has 2 rings (SSSR count). The molecule has 0 aliphatic carbocycles. The quantitative estimate of drug-likeness (QED) is 0.915. The lowest BCUT2D eigenvalue weighted by atomic mass is 9.96. The summed E-state index contributed by atoms with van der Waals surface area (Å²) in [4.78, 5) is 14.2. The Morgan fingerprint density at radius 1 is 1.33 bits per heavy atom. The average Bonchev–Trinajstić information content (AvgIpc) is 2.71. The van der Waals surface area contributed by atoms with E-state index < -0.39 is 5.54 Å². The lowest BCUT2D eigenvalue weighted by Crippen LogP contribution is -2.51. The number of carbonyl (C=O) groups excluding carboxylic acids is 1. The van der Waals surface area contributed by atoms with Crippen LogP contribution in [0.3, 0.4) is 0 Å². The lowest BCUT2D eigenvalue weighted by molar-refractivity contribution is -0.137. The van der Waals surface area contributed by atoms with Crippen LogP contribution in [0.5, 0.6) is 0 Å². The maximum Gasteiger partial charge on any atom is 0.242 e. The Labute approximate surface area is 115 Å². The molecule has 0 spiro atoms. The van der Waals surface area contributed by atoms with Gasteiger partial charge in [-0.05, 0) is 24.5 Å². The van der Waals surface area contributed by atoms with Crippen molar-refractivity contribution in [2.24, 2.45) is 5.73 Å². The number of hydrogen-bond acceptors (Lipinski definition) is 2. The zero-order valence-corrected chi connectivity index (χ0v) is 11.8. The van der Waals surface area contributed by atoms with Gasteiger partial charge in [-0.15, -0.1) is 12.4 Å². The van der Waals surface area contributed by atoms with E-state index in [4.69, 9.17) is 5.73 Å². The fourth-order valence-electron chi connectivity index (χ4n) is 2.46. The Bertz CT molecular complexity index is 407. The summed E-state index contributed by atoms with van der Waals surface area (Å²) in [6.45, 7) is 5.29. The van der Waals surface area contributed by atoms with Crippen LogP contribution in [0.4, 0.5) is 0 Å². The predicted octanol–water partition coefficient (Wildman–Crippen LogP) is 2.47. The third-order valence-corrected chi connectivity index (χ3v) is 3.39. The molecule has 1 heterocycles. The fraction of sp³-hybridized carbons (Fsp3) is 0.500. The Hall–Kier alpha value is -1.06. The zero-order chi connectivity index (χ0) is 12.5. The van der Waals surface area contributed by atoms with Gasteiger partial charge in [-0.1, -0.05) is 37.6 Å². The molecular formula is C14H21ClN2O. The summed E-state index contributed by atoms with van der Waals surface area (Å²) in [5.41, 5.74) is 7.86. The van der Waals surface area contributed by atoms with Crippen molar-refractivity contribution in [2.45, 2.75) is 45.3 Å². The van der Waals surface area contributed by atoms with Gasteiger partial charge < -0.3 is 10.6 Å². The van der Waals surface area contributed by atoms with Crippen molar-refractivity contribution >= 4 is 18.3 Å². The van der Waals surface area contributed by atoms with Gasteiger partial charge in [0.25, 0.3) is 0 Å². The van der Waals surface area contributed by atoms with Gasteiger partial charge in [0.15, 0.2) is 0 Å². The standard InChI is InChI=1S/C14H20N2O.ClH/c1-3-8-14(2,15)13(17)16-9-11-6-4-5-7-12(11)10-16;/h4-7H,3,8-10,15H2,1-2H3;1H. The molecule has 18 heavy (non-hydrogen) atoms. The molecule has 1 atom stereocenters. The number of rotatable bonds is 3. The highest BCUT2D eigenvalue weighted by atomic mass is 35.5. The van der Waals surface area contributed by atoms with Gasteiger partial charge in [0.1, 0.15) is 0 Å². The largest absolute Gasteiger partial charge is 0.332 e. The van der Waals surface area contributed by atoms with Crippen LogP contribution in [0.2, 0.25) is 0 Å². The number of benzene rings is 1. The molecule has 0 saturated heterocycles. The van der Waals surface area contributed by atoms with Crippen molar-refractivity contribution < 1.29 is 4.79 Å². The first-order chi connectivity index (χ1) is 8.04. The molecule has 0 bridgehead atoms. The van der Waals surface area contributed by atoms with Crippen LogP contribution in [0.15, 0.2) is 24.3 Å². The minimum atomic E-state index is -0.725. The molecule has 1 amide bonds. The normalized spacial score (nSPS) is 16.7. The first kappa shape index (κ1) is 15.0. The molecule has 1 aromatic carbocycles. The van der Waals surface area contributed by atoms with Crippen molar-refractivity contribution in [3.05, 3.63) is 35.4 Å². The van der Waals surface area contributed by atoms with Crippen LogP contribution < -0.4 is 5.73 Å². The number of amides is 1. The average molecular weight is 269 g/mol. The molecule has 1 aromatic rings. The number of carbonyl (C=O) groups is 1. The maximum atomic E-state index is 12.3. The molecular weight excluding hydrogens is 248 g/mol. The zero-order valence-electron chi connectivity index (χ0n) is 11.0. The minimum absolute atomic E-state index is 0. The third-order valence-electron chi connectivity index (χ3n) is 3.39. The van der Waals surface area contributed by atoms with Crippen LogP contribution in [0, 0.1) is 0 Å². The summed E-state index contributed by atoms with van der Waals surface area (Å²) in [6, 6.07) is 8.19. The summed E-state index contributed by atoms with van der Waals surface area (Å²) >= 11 is 0. The summed E-state index contributed by atoms with van der Waals surface area (Å²) in [5.74, 6) is 0.0653. The predicted molar refractivity (Wildman–Crippen MR) is 75.4 cm³/mol. The van der Waals surface area contributed by atoms with E-state index in [9.17, 15) is 4.79 Å². The first-order valence-electron chi connectivity index (χ1n) is 6.19. The Morgan fingerprint density at radius 3 is 2.28 bits per heavy atom. The van der Waals surface area contributed by atoms with E-state index in [2.05, 4.69) is 19.1 Å². The smallest absolute Gasteiger partial charge is 0.242 e. The Kier molecular flexibility index (Phi) is 4.77. The molecule has 0 aromatic heterocycles. The third kappa shape index (κ3) is 2.85. The minimum Gasteiger partial charge on any atom is -0.332 e. The van der Waals surface area contributed by atoms with Gasteiger partial charge in [0.2, 0.25) is 5.91 Å². The van der Waals surface area contributed by atoms with Crippen LogP contribution >= 0.6 is 12.4 Å². The molecule has 1 aliphatic heterocycles. The van der Waals surface area contributed by atoms with E-state index in [0.717, 1.165) is 12.8 Å². The number of hydrogen-bond donors (Lipinski definition) is 1. The van der Waals surface area contributed by atoms with Crippen molar-refractivity contribution in [1.82, 2.24) is 4.90 Å². The Balaban J connectivity index is 0.00000162. The van der Waals surface area contributed by atoms with Crippen molar-refractivity contribution in [2.75, 3.05) is 0 Å². The topological polar surface area (TPSA) is 46.3 Å². The number of halogens is 1. The molecule has 4 heteroatoms. The van der Waals surface area contributed by atoms with E-state index in [1.165, 1.54) is 11.1 Å². The summed E-state index contributed by atoms with van der Waals surface area (Å²) in [5, 5.41) is 0. The van der Waals surface area contributed by atoms with Gasteiger partial charge >= 0.3 is 0 Å². The van der Waals surface area contributed by atoms with Gasteiger partial charge in [-0.3, -0.25) is 4.79 Å². The lowest BCUT2D eigenvalue weighted by Gasteiger charge is -2.28. The van der Waals surface area contributed by atoms with Gasteiger partial charge in [0, 0.05) is 13.1 Å². The highest BCUT2D eigenvalue weighted by molar-refractivity contribution is 5.86. The van der Waals surface area contributed by atoms with E-state index >= 15 is 0 Å². The summed E-state index contributed by atoms with van der Waals surface area (Å²) in [6.07, 6.45) is 1.66. The maximum absolute atomic E-state index is 12.3. The molecule has 1 unspecified atom stereocenters. The molecule has 2 N–H and O–H groups in total. The molecule has 0 fully saturated rings. The van der Waals surface area contributed by atoms with Crippen LogP contribution in [0.1, 0.15) is 37.8 Å². The highest BCUT2D eigenvalue weighted by Gasteiger charge is 2.34. The van der Waals surface area contributed by atoms with Crippen molar-refractivity contribution in [3.63, 3.8) is 0 Å². The van der Waals surface area contributed by atoms with E-state index in [1.807, 2.05) is 24.0 Å². The van der Waals surface area contributed by atoms with Gasteiger partial charge in [-0.2, -0.15) is 0 Å². The first-order valence-corrected chi connectivity index (χ1v) is 6.19. The van der Waals surface area contributed by atoms with Crippen molar-refractivity contribution in [3.8, 4) is 0 Å². The SMILES string of the molecule is CCCC(C)(N)C(=O)N1Cc2ccccc2C1.Cl. The number of nitrogens with zero attached hydrogens (tertiary/aromatic N) is 1. The van der Waals surface area contributed by atoms with Crippen LogP contribution in [-0.4, -0.2) is 16.3 Å². The van der Waals surface area contributed by atoms with Crippen LogP contribution in [0.25, 0.3) is 0 Å². The molecule has 0 saturated carbocycles. The summed E-state index contributed by atoms with van der Waals surface area (Å²) in [7, 11) is 0. The molecule has 1 aliphatic rings. The summed E-state index contributed by atoms with van der Waals surface area (Å²) < 4.78 is 0. The van der Waals surface area contributed by atoms with Gasteiger partial charge in [0.05, 0.1) is 5.54 Å². The second-order valence-electron chi connectivity index (χ2n) is 5.10. The van der Waals surface area contributed by atoms with Gasteiger partial charge in [-0.25, -0.2) is 0 Å². The van der Waals surface area contributed by atoms with E-state index in [1.54, 1.807) is 0 Å². The van der Waals surface area contributed by atoms with E-state index in [-0.39, 0.29) is 18.3 Å². The number of fused-ring (bicyclic) bond motifs is 1.